The molecule has 1 aliphatic heterocycles. The molecule has 8 heteroatoms. The van der Waals surface area contributed by atoms with E-state index in [2.05, 4.69) is 15.4 Å². The lowest BCUT2D eigenvalue weighted by Gasteiger charge is -2.18. The number of ether oxygens (including phenoxy) is 2. The van der Waals surface area contributed by atoms with E-state index in [1.54, 1.807) is 35.3 Å². The molecule has 8 nitrogen and oxygen atoms in total. The van der Waals surface area contributed by atoms with E-state index >= 15 is 0 Å². The summed E-state index contributed by atoms with van der Waals surface area (Å²) in [5.41, 5.74) is 2.89. The molecule has 0 aliphatic carbocycles. The van der Waals surface area contributed by atoms with Gasteiger partial charge in [0, 0.05) is 24.2 Å². The number of fused-ring (bicyclic) bond motifs is 2. The van der Waals surface area contributed by atoms with Crippen molar-refractivity contribution < 1.29 is 14.3 Å². The highest BCUT2D eigenvalue weighted by Crippen LogP contribution is 2.30. The van der Waals surface area contributed by atoms with Crippen LogP contribution in [0.15, 0.2) is 61.2 Å². The molecule has 0 radical (unpaired) electrons. The molecule has 4 aromatic rings. The molecule has 0 spiro atoms. The topological polar surface area (TPSA) is 82.7 Å². The minimum Gasteiger partial charge on any atom is -0.486 e. The molecule has 3 aromatic heterocycles. The van der Waals surface area contributed by atoms with Crippen molar-refractivity contribution in [3.63, 3.8) is 0 Å². The van der Waals surface area contributed by atoms with Crippen LogP contribution in [0.25, 0.3) is 5.65 Å². The zero-order valence-electron chi connectivity index (χ0n) is 14.9. The van der Waals surface area contributed by atoms with Gasteiger partial charge in [0.1, 0.15) is 18.9 Å². The molecule has 1 aliphatic rings. The lowest BCUT2D eigenvalue weighted by atomic mass is 10.2. The average Bonchev–Trinajstić information content (AvgIpc) is 3.33. The maximum Gasteiger partial charge on any atom is 0.255 e. The Kier molecular flexibility index (Phi) is 3.93. The number of pyridine rings is 1. The van der Waals surface area contributed by atoms with Crippen LogP contribution in [0, 0.1) is 0 Å². The molecule has 0 bridgehead atoms. The Morgan fingerprint density at radius 1 is 1.11 bits per heavy atom. The molecule has 4 heterocycles. The Morgan fingerprint density at radius 2 is 2.00 bits per heavy atom. The maximum absolute atomic E-state index is 12.5. The van der Waals surface area contributed by atoms with Gasteiger partial charge in [-0.3, -0.25) is 9.48 Å². The second kappa shape index (κ2) is 6.73. The first kappa shape index (κ1) is 16.4. The molecule has 1 amide bonds. The van der Waals surface area contributed by atoms with Crippen molar-refractivity contribution in [2.24, 2.45) is 0 Å². The lowest BCUT2D eigenvalue weighted by Crippen LogP contribution is -2.17. The first-order chi connectivity index (χ1) is 13.7. The number of imidazole rings is 1. The van der Waals surface area contributed by atoms with Gasteiger partial charge in [0.05, 0.1) is 24.1 Å². The number of rotatable bonds is 4. The molecular weight excluding hydrogens is 358 g/mol. The van der Waals surface area contributed by atoms with Crippen molar-refractivity contribution >= 4 is 17.2 Å². The predicted octanol–water partition coefficient (Wildman–Crippen LogP) is 2.60. The summed E-state index contributed by atoms with van der Waals surface area (Å²) in [6.45, 7) is 1.51. The van der Waals surface area contributed by atoms with Crippen LogP contribution in [-0.4, -0.2) is 38.3 Å². The second-order valence-corrected chi connectivity index (χ2v) is 6.44. The number of nitrogens with one attached hydrogen (secondary N) is 1. The summed E-state index contributed by atoms with van der Waals surface area (Å²) in [7, 11) is 0. The smallest absolute Gasteiger partial charge is 0.255 e. The highest BCUT2D eigenvalue weighted by atomic mass is 16.6. The summed E-state index contributed by atoms with van der Waals surface area (Å²) in [4.78, 5) is 17.1. The van der Waals surface area contributed by atoms with Crippen LogP contribution >= 0.6 is 0 Å². The molecule has 0 saturated carbocycles. The third kappa shape index (κ3) is 3.16. The van der Waals surface area contributed by atoms with Gasteiger partial charge < -0.3 is 19.2 Å². The number of benzene rings is 1. The summed E-state index contributed by atoms with van der Waals surface area (Å²) in [6, 6.07) is 11.0. The molecule has 0 fully saturated rings. The van der Waals surface area contributed by atoms with Crippen LogP contribution in [0.1, 0.15) is 16.1 Å². The van der Waals surface area contributed by atoms with E-state index in [-0.39, 0.29) is 5.91 Å². The first-order valence-electron chi connectivity index (χ1n) is 8.91. The van der Waals surface area contributed by atoms with E-state index in [0.29, 0.717) is 42.5 Å². The Bertz CT molecular complexity index is 1130. The molecule has 28 heavy (non-hydrogen) atoms. The third-order valence-corrected chi connectivity index (χ3v) is 4.43. The molecule has 1 N–H and O–H groups in total. The van der Waals surface area contributed by atoms with Crippen molar-refractivity contribution in [1.29, 1.82) is 0 Å². The molecule has 1 aromatic carbocycles. The number of carbonyl (C=O) groups is 1. The van der Waals surface area contributed by atoms with Gasteiger partial charge in [-0.2, -0.15) is 5.10 Å². The van der Waals surface area contributed by atoms with E-state index in [0.717, 1.165) is 11.3 Å². The number of hydrogen-bond donors (Lipinski definition) is 1. The minimum absolute atomic E-state index is 0.232. The fourth-order valence-electron chi connectivity index (χ4n) is 3.13. The predicted molar refractivity (Wildman–Crippen MR) is 102 cm³/mol. The number of nitrogens with zero attached hydrogens (tertiary/aromatic N) is 4. The van der Waals surface area contributed by atoms with Gasteiger partial charge in [0.15, 0.2) is 11.5 Å². The van der Waals surface area contributed by atoms with Crippen LogP contribution < -0.4 is 14.8 Å². The van der Waals surface area contributed by atoms with E-state index in [1.165, 1.54) is 0 Å². The van der Waals surface area contributed by atoms with E-state index in [1.807, 2.05) is 35.0 Å². The van der Waals surface area contributed by atoms with Crippen LogP contribution in [0.4, 0.5) is 5.69 Å². The van der Waals surface area contributed by atoms with Crippen LogP contribution in [0.5, 0.6) is 11.5 Å². The summed E-state index contributed by atoms with van der Waals surface area (Å²) in [5, 5.41) is 7.16. The highest BCUT2D eigenvalue weighted by Gasteiger charge is 2.15. The standard InChI is InChI=1S/C20H17N5O3/c26-20(14-4-5-17-18(9-14)28-8-7-27-17)23-15-10-21-25(12-15)13-16-11-24-6-2-1-3-19(24)22-16/h1-6,9-12H,7-8,13H2,(H,23,26). The van der Waals surface area contributed by atoms with Gasteiger partial charge in [-0.15, -0.1) is 0 Å². The number of anilines is 1. The maximum atomic E-state index is 12.5. The zero-order chi connectivity index (χ0) is 18.9. The fraction of sp³-hybridized carbons (Fsp3) is 0.150. The molecule has 0 atom stereocenters. The van der Waals surface area contributed by atoms with Crippen molar-refractivity contribution in [2.45, 2.75) is 6.54 Å². The Balaban J connectivity index is 1.29. The summed E-state index contributed by atoms with van der Waals surface area (Å²) in [6.07, 6.45) is 7.31. The summed E-state index contributed by atoms with van der Waals surface area (Å²) in [5.74, 6) is 1.01. The van der Waals surface area contributed by atoms with Crippen LogP contribution in [-0.2, 0) is 6.54 Å². The average molecular weight is 375 g/mol. The van der Waals surface area contributed by atoms with Crippen LogP contribution in [0.2, 0.25) is 0 Å². The first-order valence-corrected chi connectivity index (χ1v) is 8.91. The van der Waals surface area contributed by atoms with Crippen molar-refractivity contribution in [2.75, 3.05) is 18.5 Å². The number of hydrogen-bond acceptors (Lipinski definition) is 5. The molecule has 0 unspecified atom stereocenters. The Labute approximate surface area is 160 Å². The Hall–Kier alpha value is -3.81. The fourth-order valence-corrected chi connectivity index (χ4v) is 3.13. The van der Waals surface area contributed by atoms with Crippen molar-refractivity contribution in [3.05, 3.63) is 72.4 Å². The minimum atomic E-state index is -0.232. The highest BCUT2D eigenvalue weighted by molar-refractivity contribution is 6.04. The largest absolute Gasteiger partial charge is 0.486 e. The lowest BCUT2D eigenvalue weighted by molar-refractivity contribution is 0.102. The summed E-state index contributed by atoms with van der Waals surface area (Å²) >= 11 is 0. The number of amides is 1. The monoisotopic (exact) mass is 375 g/mol. The van der Waals surface area contributed by atoms with E-state index in [4.69, 9.17) is 9.47 Å². The van der Waals surface area contributed by atoms with Gasteiger partial charge >= 0.3 is 0 Å². The van der Waals surface area contributed by atoms with Gasteiger partial charge in [0.2, 0.25) is 0 Å². The van der Waals surface area contributed by atoms with Gasteiger partial charge in [0.25, 0.3) is 5.91 Å². The number of carbonyl (C=O) groups excluding carboxylic acids is 1. The van der Waals surface area contributed by atoms with Gasteiger partial charge in [-0.1, -0.05) is 6.07 Å². The SMILES string of the molecule is O=C(Nc1cnn(Cc2cn3ccccc3n2)c1)c1ccc2c(c1)OCCO2. The number of aromatic nitrogens is 4. The zero-order valence-corrected chi connectivity index (χ0v) is 14.9. The second-order valence-electron chi connectivity index (χ2n) is 6.44. The molecule has 5 rings (SSSR count). The van der Waals surface area contributed by atoms with Crippen LogP contribution in [0.3, 0.4) is 0 Å². The van der Waals surface area contributed by atoms with Gasteiger partial charge in [-0.05, 0) is 30.3 Å². The molecule has 0 saturated heterocycles. The van der Waals surface area contributed by atoms with E-state index in [9.17, 15) is 4.79 Å². The molecule has 140 valence electrons. The Morgan fingerprint density at radius 3 is 2.89 bits per heavy atom. The third-order valence-electron chi connectivity index (χ3n) is 4.43. The molecular formula is C20H17N5O3. The summed E-state index contributed by atoms with van der Waals surface area (Å²) < 4.78 is 14.7. The van der Waals surface area contributed by atoms with Crippen molar-refractivity contribution in [3.8, 4) is 11.5 Å². The quantitative estimate of drug-likeness (QED) is 0.593. The van der Waals surface area contributed by atoms with Crippen molar-refractivity contribution in [1.82, 2.24) is 19.2 Å². The normalized spacial score (nSPS) is 12.9. The van der Waals surface area contributed by atoms with E-state index < -0.39 is 0 Å². The van der Waals surface area contributed by atoms with Gasteiger partial charge in [-0.25, -0.2) is 4.98 Å².